The molecule has 13 heavy (non-hydrogen) atoms. The van der Waals surface area contributed by atoms with E-state index in [1.165, 1.54) is 0 Å². The smallest absolute Gasteiger partial charge is 0.357 e. The lowest BCUT2D eigenvalue weighted by molar-refractivity contribution is -0.133. The third-order valence-corrected chi connectivity index (χ3v) is 1.48. The molecule has 1 N–H and O–H groups in total. The molecule has 7 nitrogen and oxygen atoms in total. The Balaban J connectivity index is 2.60. The van der Waals surface area contributed by atoms with Crippen LogP contribution in [0.15, 0.2) is 31.5 Å². The van der Waals surface area contributed by atoms with Gasteiger partial charge in [0, 0.05) is 0 Å². The fourth-order valence-corrected chi connectivity index (χ4v) is 0.941. The van der Waals surface area contributed by atoms with Gasteiger partial charge >= 0.3 is 5.97 Å². The number of carbonyl (C=O) groups is 2. The van der Waals surface area contributed by atoms with Gasteiger partial charge in [0.25, 0.3) is 5.91 Å². The topological polar surface area (TPSA) is 104 Å². The number of nitrogens with zero attached hydrogens (tertiary/aromatic N) is 4. The molecular weight excluding hydrogens is 176 g/mol. The summed E-state index contributed by atoms with van der Waals surface area (Å²) >= 11 is 0. The Morgan fingerprint density at radius 2 is 2.15 bits per heavy atom. The van der Waals surface area contributed by atoms with Crippen molar-refractivity contribution in [1.82, 2.24) is 0 Å². The molecular formula is C6H2N4O3. The minimum Gasteiger partial charge on any atom is -0.476 e. The van der Waals surface area contributed by atoms with Crippen molar-refractivity contribution >= 4 is 24.1 Å². The van der Waals surface area contributed by atoms with Gasteiger partial charge in [-0.1, -0.05) is 0 Å². The van der Waals surface area contributed by atoms with E-state index in [2.05, 4.69) is 20.2 Å². The van der Waals surface area contributed by atoms with Gasteiger partial charge in [-0.15, -0.1) is 10.2 Å². The monoisotopic (exact) mass is 178 g/mol. The van der Waals surface area contributed by atoms with Crippen molar-refractivity contribution in [3.8, 4) is 0 Å². The molecule has 0 saturated carbocycles. The Labute approximate surface area is 71.2 Å². The molecule has 1 amide bonds. The first-order valence-corrected chi connectivity index (χ1v) is 3.24. The number of azo groups is 1. The van der Waals surface area contributed by atoms with E-state index >= 15 is 0 Å². The highest BCUT2D eigenvalue weighted by molar-refractivity contribution is 6.29. The summed E-state index contributed by atoms with van der Waals surface area (Å²) in [4.78, 5) is 28.5. The van der Waals surface area contributed by atoms with Crippen LogP contribution in [0.4, 0.5) is 0 Å². The molecule has 0 spiro atoms. The van der Waals surface area contributed by atoms with Gasteiger partial charge in [0.05, 0.1) is 0 Å². The number of aliphatic imine (C=N–C) groups is 2. The highest BCUT2D eigenvalue weighted by Crippen LogP contribution is 2.20. The van der Waals surface area contributed by atoms with Crippen LogP contribution in [0.25, 0.3) is 0 Å². The lowest BCUT2D eigenvalue weighted by Gasteiger charge is -1.99. The van der Waals surface area contributed by atoms with E-state index in [0.29, 0.717) is 0 Å². The average Bonchev–Trinajstić information content (AvgIpc) is 2.49. The van der Waals surface area contributed by atoms with Crippen molar-refractivity contribution in [1.29, 1.82) is 0 Å². The Morgan fingerprint density at radius 1 is 1.38 bits per heavy atom. The molecule has 2 aliphatic rings. The van der Waals surface area contributed by atoms with Crippen molar-refractivity contribution in [3.05, 3.63) is 11.3 Å². The third-order valence-electron chi connectivity index (χ3n) is 1.48. The maximum Gasteiger partial charge on any atom is 0.357 e. The standard InChI is InChI=1S/C6H2N4O3/c11-5-2-3(6(12)13)9-10-4(2)7-1-8-5/h1H,(H,12,13). The second-order valence-electron chi connectivity index (χ2n) is 2.23. The lowest BCUT2D eigenvalue weighted by atomic mass is 10.2. The number of rotatable bonds is 1. The van der Waals surface area contributed by atoms with Gasteiger partial charge < -0.3 is 5.11 Å². The maximum absolute atomic E-state index is 11.1. The van der Waals surface area contributed by atoms with E-state index in [9.17, 15) is 9.59 Å². The van der Waals surface area contributed by atoms with Crippen LogP contribution in [-0.2, 0) is 9.59 Å². The highest BCUT2D eigenvalue weighted by Gasteiger charge is 2.31. The summed E-state index contributed by atoms with van der Waals surface area (Å²) in [5, 5.41) is 15.3. The van der Waals surface area contributed by atoms with Crippen LogP contribution in [-0.4, -0.2) is 29.2 Å². The zero-order valence-electron chi connectivity index (χ0n) is 6.13. The van der Waals surface area contributed by atoms with Crippen LogP contribution in [0.3, 0.4) is 0 Å². The largest absolute Gasteiger partial charge is 0.476 e. The minimum atomic E-state index is -1.31. The van der Waals surface area contributed by atoms with Crippen LogP contribution < -0.4 is 0 Å². The lowest BCUT2D eigenvalue weighted by Crippen LogP contribution is -2.14. The van der Waals surface area contributed by atoms with E-state index in [-0.39, 0.29) is 11.4 Å². The molecule has 2 rings (SSSR count). The molecule has 0 saturated heterocycles. The first kappa shape index (κ1) is 7.47. The molecule has 64 valence electrons. The van der Waals surface area contributed by atoms with Gasteiger partial charge in [-0.05, 0) is 0 Å². The van der Waals surface area contributed by atoms with E-state index in [4.69, 9.17) is 5.11 Å². The number of aliphatic carboxylic acids is 1. The number of hydrogen-bond acceptors (Lipinski definition) is 5. The van der Waals surface area contributed by atoms with Crippen LogP contribution in [0.1, 0.15) is 0 Å². The van der Waals surface area contributed by atoms with E-state index < -0.39 is 17.6 Å². The fourth-order valence-electron chi connectivity index (χ4n) is 0.941. The van der Waals surface area contributed by atoms with Gasteiger partial charge in [-0.25, -0.2) is 9.79 Å². The number of hydrogen-bond donors (Lipinski definition) is 1. The summed E-state index contributed by atoms with van der Waals surface area (Å²) in [6.45, 7) is 0. The average molecular weight is 178 g/mol. The van der Waals surface area contributed by atoms with Crippen LogP contribution >= 0.6 is 0 Å². The van der Waals surface area contributed by atoms with Crippen LogP contribution in [0.2, 0.25) is 0 Å². The Kier molecular flexibility index (Phi) is 1.38. The number of carboxylic acids is 1. The second kappa shape index (κ2) is 2.41. The molecule has 0 radical (unpaired) electrons. The molecule has 0 aromatic carbocycles. The molecule has 2 heterocycles. The molecule has 0 unspecified atom stereocenters. The highest BCUT2D eigenvalue weighted by atomic mass is 16.4. The quantitative estimate of drug-likeness (QED) is 0.598. The third kappa shape index (κ3) is 0.975. The number of carbonyl (C=O) groups excluding carboxylic acids is 1. The minimum absolute atomic E-state index is 0.0115. The Morgan fingerprint density at radius 3 is 2.85 bits per heavy atom. The Hall–Kier alpha value is -2.18. The van der Waals surface area contributed by atoms with Gasteiger partial charge in [-0.3, -0.25) is 4.79 Å². The summed E-state index contributed by atoms with van der Waals surface area (Å²) < 4.78 is 0. The molecule has 7 heteroatoms. The molecule has 0 atom stereocenters. The zero-order chi connectivity index (χ0) is 9.42. The summed E-state index contributed by atoms with van der Waals surface area (Å²) in [5.74, 6) is -1.97. The van der Waals surface area contributed by atoms with E-state index in [1.807, 2.05) is 0 Å². The fraction of sp³-hybridized carbons (Fsp3) is 0. The molecule has 0 aromatic heterocycles. The van der Waals surface area contributed by atoms with Crippen LogP contribution in [0, 0.1) is 0 Å². The van der Waals surface area contributed by atoms with Crippen molar-refractivity contribution in [2.45, 2.75) is 0 Å². The number of fused-ring (bicyclic) bond motifs is 1. The van der Waals surface area contributed by atoms with Crippen molar-refractivity contribution in [2.24, 2.45) is 20.2 Å². The number of amides is 1. The van der Waals surface area contributed by atoms with Crippen molar-refractivity contribution in [3.63, 3.8) is 0 Å². The molecule has 0 fully saturated rings. The van der Waals surface area contributed by atoms with Crippen molar-refractivity contribution < 1.29 is 14.7 Å². The predicted octanol–water partition coefficient (Wildman–Crippen LogP) is -0.242. The summed E-state index contributed by atoms with van der Waals surface area (Å²) in [7, 11) is 0. The van der Waals surface area contributed by atoms with Gasteiger partial charge in [0.1, 0.15) is 11.9 Å². The summed E-state index contributed by atoms with van der Waals surface area (Å²) in [6, 6.07) is 0. The van der Waals surface area contributed by atoms with Gasteiger partial charge in [-0.2, -0.15) is 4.99 Å². The number of amidine groups is 1. The molecule has 0 bridgehead atoms. The maximum atomic E-state index is 11.1. The molecule has 0 aliphatic carbocycles. The first-order valence-electron chi connectivity index (χ1n) is 3.24. The van der Waals surface area contributed by atoms with Gasteiger partial charge in [0.15, 0.2) is 11.5 Å². The molecule has 2 aliphatic heterocycles. The SMILES string of the molecule is O=C(O)C1=C2C(=O)N=CN=C2N=N1. The van der Waals surface area contributed by atoms with Crippen LogP contribution in [0.5, 0.6) is 0 Å². The normalized spacial score (nSPS) is 19.1. The van der Waals surface area contributed by atoms with Crippen molar-refractivity contribution in [2.75, 3.05) is 0 Å². The first-order chi connectivity index (χ1) is 6.20. The van der Waals surface area contributed by atoms with Gasteiger partial charge in [0.2, 0.25) is 0 Å². The predicted molar refractivity (Wildman–Crippen MR) is 40.5 cm³/mol. The van der Waals surface area contributed by atoms with E-state index in [0.717, 1.165) is 6.34 Å². The van der Waals surface area contributed by atoms with E-state index in [1.54, 1.807) is 0 Å². The summed E-state index contributed by atoms with van der Waals surface area (Å²) in [6.07, 6.45) is 1.02. The Bertz CT molecular complexity index is 429. The summed E-state index contributed by atoms with van der Waals surface area (Å²) in [5.41, 5.74) is -0.546. The second-order valence-corrected chi connectivity index (χ2v) is 2.23. The molecule has 0 aromatic rings. The number of carboxylic acid groups (broad SMARTS) is 1. The zero-order valence-corrected chi connectivity index (χ0v) is 6.13.